The molecule has 0 saturated heterocycles. The van der Waals surface area contributed by atoms with Gasteiger partial charge in [-0.3, -0.25) is 0 Å². The van der Waals surface area contributed by atoms with E-state index in [-0.39, 0.29) is 0 Å². The SMILES string of the molecule is C#C[CH2][Sn]([CH3])([CH3])[CH3]. The van der Waals surface area contributed by atoms with Crippen LogP contribution in [0.3, 0.4) is 0 Å². The van der Waals surface area contributed by atoms with Gasteiger partial charge in [-0.2, -0.15) is 0 Å². The fourth-order valence-electron chi connectivity index (χ4n) is 0.306. The Balaban J connectivity index is 3.40. The van der Waals surface area contributed by atoms with Gasteiger partial charge in [-0.05, 0) is 0 Å². The summed E-state index contributed by atoms with van der Waals surface area (Å²) < 4.78 is 1.08. The van der Waals surface area contributed by atoms with Crippen molar-refractivity contribution in [2.24, 2.45) is 0 Å². The van der Waals surface area contributed by atoms with Crippen LogP contribution in [0.2, 0.25) is 19.3 Å². The third-order valence-electron chi connectivity index (χ3n) is 0.632. The van der Waals surface area contributed by atoms with Gasteiger partial charge in [0.05, 0.1) is 0 Å². The van der Waals surface area contributed by atoms with Crippen molar-refractivity contribution in [3.8, 4) is 12.3 Å². The van der Waals surface area contributed by atoms with Crippen LogP contribution in [-0.2, 0) is 0 Å². The van der Waals surface area contributed by atoms with E-state index in [1.165, 1.54) is 0 Å². The van der Waals surface area contributed by atoms with E-state index in [4.69, 9.17) is 6.42 Å². The van der Waals surface area contributed by atoms with Crippen molar-refractivity contribution in [2.75, 3.05) is 0 Å². The quantitative estimate of drug-likeness (QED) is 0.451. The van der Waals surface area contributed by atoms with Crippen molar-refractivity contribution in [1.82, 2.24) is 0 Å². The molecule has 40 valence electrons. The van der Waals surface area contributed by atoms with Crippen LogP contribution in [0.1, 0.15) is 0 Å². The van der Waals surface area contributed by atoms with Crippen molar-refractivity contribution in [1.29, 1.82) is 0 Å². The second-order valence-electron chi connectivity index (χ2n) is 2.94. The van der Waals surface area contributed by atoms with Crippen LogP contribution in [0.15, 0.2) is 0 Å². The Morgan fingerprint density at radius 1 is 1.43 bits per heavy atom. The molecule has 7 heavy (non-hydrogen) atoms. The number of rotatable bonds is 1. The van der Waals surface area contributed by atoms with E-state index in [2.05, 4.69) is 20.7 Å². The standard InChI is InChI=1S/C3H3.3CH3.Sn/c1-3-2;;;;/h1H,2H2;3*1H3;. The Morgan fingerprint density at radius 3 is 1.86 bits per heavy atom. The second-order valence-corrected chi connectivity index (χ2v) is 18.6. The fourth-order valence-corrected chi connectivity index (χ4v) is 2.05. The molecule has 0 N–H and O–H groups in total. The third kappa shape index (κ3) is 6.36. The van der Waals surface area contributed by atoms with Gasteiger partial charge in [-0.15, -0.1) is 0 Å². The van der Waals surface area contributed by atoms with Crippen molar-refractivity contribution in [3.05, 3.63) is 0 Å². The molecule has 0 aromatic carbocycles. The Kier molecular flexibility index (Phi) is 2.75. The molecule has 0 unspecified atom stereocenters. The summed E-state index contributed by atoms with van der Waals surface area (Å²) in [5, 5.41) is 0. The molecule has 0 aliphatic carbocycles. The van der Waals surface area contributed by atoms with Crippen LogP contribution < -0.4 is 0 Å². The summed E-state index contributed by atoms with van der Waals surface area (Å²) in [6, 6.07) is 0. The van der Waals surface area contributed by atoms with Gasteiger partial charge in [-0.25, -0.2) is 0 Å². The first-order valence-electron chi connectivity index (χ1n) is 2.50. The molecular formula is C6H12Sn. The summed E-state index contributed by atoms with van der Waals surface area (Å²) in [7, 11) is 0. The minimum absolute atomic E-state index is 1.08. The molecule has 0 atom stereocenters. The molecule has 0 heterocycles. The predicted octanol–water partition coefficient (Wildman–Crippen LogP) is 1.96. The zero-order valence-corrected chi connectivity index (χ0v) is 8.14. The maximum absolute atomic E-state index is 5.12. The first-order chi connectivity index (χ1) is 3.06. The van der Waals surface area contributed by atoms with Gasteiger partial charge >= 0.3 is 50.0 Å². The molecule has 0 rings (SSSR count). The van der Waals surface area contributed by atoms with E-state index in [0.717, 1.165) is 4.44 Å². The van der Waals surface area contributed by atoms with Gasteiger partial charge < -0.3 is 0 Å². The van der Waals surface area contributed by atoms with Crippen molar-refractivity contribution in [2.45, 2.75) is 19.3 Å². The van der Waals surface area contributed by atoms with Gasteiger partial charge in [0, 0.05) is 0 Å². The molecule has 0 fully saturated rings. The molecular weight excluding hydrogens is 191 g/mol. The Hall–Kier alpha value is 0.359. The van der Waals surface area contributed by atoms with E-state index >= 15 is 0 Å². The number of terminal acetylenes is 1. The Morgan fingerprint density at radius 2 is 1.86 bits per heavy atom. The first kappa shape index (κ1) is 7.36. The summed E-state index contributed by atoms with van der Waals surface area (Å²) in [5.41, 5.74) is 0. The van der Waals surface area contributed by atoms with Gasteiger partial charge in [0.25, 0.3) is 0 Å². The predicted molar refractivity (Wildman–Crippen MR) is 37.0 cm³/mol. The van der Waals surface area contributed by atoms with E-state index in [1.807, 2.05) is 0 Å². The van der Waals surface area contributed by atoms with Crippen LogP contribution in [0.5, 0.6) is 0 Å². The average molecular weight is 203 g/mol. The van der Waals surface area contributed by atoms with Crippen LogP contribution in [0, 0.1) is 12.3 Å². The van der Waals surface area contributed by atoms with E-state index < -0.39 is 18.4 Å². The Bertz CT molecular complexity index is 81.3. The molecule has 0 amide bonds. The topological polar surface area (TPSA) is 0 Å². The zero-order chi connectivity index (χ0) is 5.91. The van der Waals surface area contributed by atoms with Crippen molar-refractivity contribution in [3.63, 3.8) is 0 Å². The van der Waals surface area contributed by atoms with Gasteiger partial charge in [0.15, 0.2) is 0 Å². The normalized spacial score (nSPS) is 10.6. The van der Waals surface area contributed by atoms with Crippen molar-refractivity contribution < 1.29 is 0 Å². The number of hydrogen-bond donors (Lipinski definition) is 0. The van der Waals surface area contributed by atoms with E-state index in [1.54, 1.807) is 0 Å². The molecule has 0 bridgehead atoms. The second kappa shape index (κ2) is 2.61. The van der Waals surface area contributed by atoms with Gasteiger partial charge in [-0.1, -0.05) is 0 Å². The van der Waals surface area contributed by atoms with Crippen LogP contribution in [0.4, 0.5) is 0 Å². The molecule has 0 saturated carbocycles. The Labute approximate surface area is 50.2 Å². The van der Waals surface area contributed by atoms with E-state index in [0.29, 0.717) is 0 Å². The molecule has 0 aliphatic heterocycles. The summed E-state index contributed by atoms with van der Waals surface area (Å²) in [6.07, 6.45) is 5.12. The minimum atomic E-state index is -1.51. The third-order valence-corrected chi connectivity index (χ3v) is 4.24. The molecule has 0 radical (unpaired) electrons. The van der Waals surface area contributed by atoms with Crippen LogP contribution >= 0.6 is 0 Å². The molecule has 0 aromatic rings. The summed E-state index contributed by atoms with van der Waals surface area (Å²) in [5.74, 6) is 2.70. The molecule has 1 heteroatoms. The number of hydrogen-bond acceptors (Lipinski definition) is 0. The average Bonchev–Trinajstić information content (AvgIpc) is 1.30. The fraction of sp³-hybridized carbons (Fsp3) is 0.667. The van der Waals surface area contributed by atoms with Crippen LogP contribution in [-0.4, -0.2) is 18.4 Å². The monoisotopic (exact) mass is 204 g/mol. The first-order valence-corrected chi connectivity index (χ1v) is 13.1. The maximum atomic E-state index is 5.12. The zero-order valence-electron chi connectivity index (χ0n) is 5.28. The molecule has 0 nitrogen and oxygen atoms in total. The summed E-state index contributed by atoms with van der Waals surface area (Å²) >= 11 is -1.51. The summed E-state index contributed by atoms with van der Waals surface area (Å²) in [4.78, 5) is 7.03. The van der Waals surface area contributed by atoms with Gasteiger partial charge in [0.1, 0.15) is 0 Å². The van der Waals surface area contributed by atoms with Crippen LogP contribution in [0.25, 0.3) is 0 Å². The molecule has 0 spiro atoms. The molecule has 0 aromatic heterocycles. The van der Waals surface area contributed by atoms with Gasteiger partial charge in [0.2, 0.25) is 0 Å². The molecule has 0 aliphatic rings. The summed E-state index contributed by atoms with van der Waals surface area (Å²) in [6.45, 7) is 0. The van der Waals surface area contributed by atoms with E-state index in [9.17, 15) is 0 Å². The van der Waals surface area contributed by atoms with Crippen molar-refractivity contribution >= 4 is 18.4 Å².